The molecule has 0 aromatic heterocycles. The Morgan fingerprint density at radius 3 is 2.37 bits per heavy atom. The Kier molecular flexibility index (Phi) is 4.21. The molecule has 1 aliphatic rings. The summed E-state index contributed by atoms with van der Waals surface area (Å²) in [5.41, 5.74) is -0.628. The van der Waals surface area contributed by atoms with Gasteiger partial charge in [-0.3, -0.25) is 0 Å². The van der Waals surface area contributed by atoms with Crippen molar-refractivity contribution in [1.29, 1.82) is 0 Å². The fourth-order valence-corrected chi connectivity index (χ4v) is 4.21. The molecular weight excluding hydrogens is 322 g/mol. The zero-order chi connectivity index (χ0) is 14.0. The fraction of sp³-hybridized carbons (Fsp3) is 0.462. The van der Waals surface area contributed by atoms with Crippen LogP contribution in [0.4, 0.5) is 13.2 Å². The van der Waals surface area contributed by atoms with Gasteiger partial charge < -0.3 is 0 Å². The van der Waals surface area contributed by atoms with Crippen LogP contribution in [0.15, 0.2) is 24.3 Å². The van der Waals surface area contributed by atoms with Gasteiger partial charge in [-0.2, -0.15) is 0 Å². The first-order chi connectivity index (χ1) is 8.88. The van der Waals surface area contributed by atoms with Crippen LogP contribution < -0.4 is 4.46 Å². The van der Waals surface area contributed by atoms with Gasteiger partial charge in [-0.05, 0) is 0 Å². The number of carbonyl (C=O) groups excluding carboxylic acids is 1. The van der Waals surface area contributed by atoms with E-state index in [0.717, 1.165) is 29.6 Å². The number of halogens is 3. The van der Waals surface area contributed by atoms with Gasteiger partial charge in [0.15, 0.2) is 0 Å². The minimum absolute atomic E-state index is 0.0237. The molecule has 0 bridgehead atoms. The van der Waals surface area contributed by atoms with E-state index in [0.29, 0.717) is 6.42 Å². The van der Waals surface area contributed by atoms with E-state index in [9.17, 15) is 18.0 Å². The molecule has 1 aromatic rings. The number of hydrogen-bond donors (Lipinski definition) is 0. The monoisotopic (exact) mass is 337 g/mol. The predicted octanol–water partition coefficient (Wildman–Crippen LogP) is 2.00. The van der Waals surface area contributed by atoms with E-state index in [4.69, 9.17) is 0 Å². The first-order valence-electron chi connectivity index (χ1n) is 6.01. The Balaban J connectivity index is 2.01. The van der Waals surface area contributed by atoms with E-state index < -0.39 is 11.7 Å². The van der Waals surface area contributed by atoms with E-state index in [1.807, 2.05) is 11.8 Å². The molecule has 1 amide bonds. The van der Waals surface area contributed by atoms with Crippen LogP contribution >= 0.6 is 0 Å². The fourth-order valence-electron chi connectivity index (χ4n) is 2.04. The van der Waals surface area contributed by atoms with E-state index in [1.54, 1.807) is 0 Å². The van der Waals surface area contributed by atoms with Crippen molar-refractivity contribution >= 4 is 25.3 Å². The second-order valence-electron chi connectivity index (χ2n) is 4.43. The third-order valence-corrected chi connectivity index (χ3v) is 5.43. The molecule has 104 valence electrons. The summed E-state index contributed by atoms with van der Waals surface area (Å²) in [5, 5.41) is 0. The molecule has 6 heteroatoms. The van der Waals surface area contributed by atoms with E-state index in [2.05, 4.69) is 0 Å². The summed E-state index contributed by atoms with van der Waals surface area (Å²) in [6.45, 7) is 2.73. The summed E-state index contributed by atoms with van der Waals surface area (Å²) in [4.78, 5) is 13.5. The molecule has 2 rings (SSSR count). The van der Waals surface area contributed by atoms with Crippen LogP contribution in [0.5, 0.6) is 0 Å². The summed E-state index contributed by atoms with van der Waals surface area (Å²) >= 11 is -0.0237. The van der Waals surface area contributed by atoms with Crippen LogP contribution in [-0.4, -0.2) is 37.2 Å². The average Bonchev–Trinajstić information content (AvgIpc) is 2.75. The van der Waals surface area contributed by atoms with Crippen LogP contribution in [0, 0.1) is 0 Å². The zero-order valence-corrected chi connectivity index (χ0v) is 12.1. The van der Waals surface area contributed by atoms with Gasteiger partial charge in [-0.25, -0.2) is 0 Å². The number of amides is 1. The maximum atomic E-state index is 12.4. The van der Waals surface area contributed by atoms with Gasteiger partial charge in [0, 0.05) is 0 Å². The molecule has 0 radical (unpaired) electrons. The molecule has 1 aliphatic heterocycles. The zero-order valence-electron chi connectivity index (χ0n) is 10.4. The molecule has 1 atom stereocenters. The van der Waals surface area contributed by atoms with Crippen LogP contribution in [-0.2, 0) is 11.0 Å². The first-order valence-corrected chi connectivity index (χ1v) is 7.86. The number of nitrogens with zero attached hydrogens (tertiary/aromatic N) is 1. The first kappa shape index (κ1) is 14.4. The van der Waals surface area contributed by atoms with Crippen molar-refractivity contribution in [3.63, 3.8) is 0 Å². The predicted molar refractivity (Wildman–Crippen MR) is 67.2 cm³/mol. The van der Waals surface area contributed by atoms with Gasteiger partial charge in [0.25, 0.3) is 0 Å². The van der Waals surface area contributed by atoms with Crippen molar-refractivity contribution in [1.82, 2.24) is 4.90 Å². The Labute approximate surface area is 116 Å². The Hall–Kier alpha value is -1.00. The maximum absolute atomic E-state index is 12.4. The molecular formula is C13H14F3NOSe. The van der Waals surface area contributed by atoms with Crippen LogP contribution in [0.2, 0.25) is 0 Å². The number of benzene rings is 1. The summed E-state index contributed by atoms with van der Waals surface area (Å²) < 4.78 is 38.2. The third kappa shape index (κ3) is 3.51. The Morgan fingerprint density at radius 1 is 1.26 bits per heavy atom. The molecule has 0 saturated carbocycles. The van der Waals surface area contributed by atoms with Crippen LogP contribution in [0.3, 0.4) is 0 Å². The summed E-state index contributed by atoms with van der Waals surface area (Å²) in [5.74, 6) is 0.154. The Bertz CT molecular complexity index is 458. The third-order valence-electron chi connectivity index (χ3n) is 3.04. The van der Waals surface area contributed by atoms with Crippen LogP contribution in [0.1, 0.15) is 25.3 Å². The molecule has 1 heterocycles. The van der Waals surface area contributed by atoms with Crippen molar-refractivity contribution in [2.45, 2.75) is 30.9 Å². The normalized spacial score (nSPS) is 17.9. The standard InChI is InChI=1S/C13H14F3NOSe/c1-9(17-8-2-3-12(17)18)19-11-6-4-10(5-7-11)13(14,15)16/h4-7,9H,2-3,8H2,1H3. The van der Waals surface area contributed by atoms with Gasteiger partial charge in [0.1, 0.15) is 0 Å². The number of rotatable bonds is 3. The minimum atomic E-state index is -4.29. The summed E-state index contributed by atoms with van der Waals surface area (Å²) in [6.07, 6.45) is -2.82. The van der Waals surface area contributed by atoms with E-state index >= 15 is 0 Å². The molecule has 19 heavy (non-hydrogen) atoms. The average molecular weight is 336 g/mol. The van der Waals surface area contributed by atoms with Crippen molar-refractivity contribution in [3.8, 4) is 0 Å². The van der Waals surface area contributed by atoms with Gasteiger partial charge >= 0.3 is 115 Å². The van der Waals surface area contributed by atoms with Gasteiger partial charge in [-0.1, -0.05) is 0 Å². The quantitative estimate of drug-likeness (QED) is 0.774. The SMILES string of the molecule is CC([Se]c1ccc(C(F)(F)F)cc1)N1CCCC1=O. The van der Waals surface area contributed by atoms with Crippen molar-refractivity contribution in [2.75, 3.05) is 6.54 Å². The second-order valence-corrected chi connectivity index (χ2v) is 7.34. The molecule has 1 saturated heterocycles. The van der Waals surface area contributed by atoms with Gasteiger partial charge in [-0.15, -0.1) is 0 Å². The molecule has 1 fully saturated rings. The van der Waals surface area contributed by atoms with Crippen molar-refractivity contribution < 1.29 is 18.0 Å². The number of carbonyl (C=O) groups is 1. The summed E-state index contributed by atoms with van der Waals surface area (Å²) in [6, 6.07) is 5.24. The van der Waals surface area contributed by atoms with E-state index in [-0.39, 0.29) is 25.8 Å². The molecule has 0 spiro atoms. The molecule has 2 nitrogen and oxygen atoms in total. The van der Waals surface area contributed by atoms with Gasteiger partial charge in [0.2, 0.25) is 0 Å². The van der Waals surface area contributed by atoms with Gasteiger partial charge in [0.05, 0.1) is 0 Å². The molecule has 1 aromatic carbocycles. The van der Waals surface area contributed by atoms with Crippen LogP contribution in [0.25, 0.3) is 0 Å². The number of likely N-dealkylation sites (tertiary alicyclic amines) is 1. The number of hydrogen-bond acceptors (Lipinski definition) is 1. The molecule has 0 N–H and O–H groups in total. The Morgan fingerprint density at radius 2 is 1.89 bits per heavy atom. The van der Waals surface area contributed by atoms with E-state index in [1.165, 1.54) is 12.1 Å². The topological polar surface area (TPSA) is 20.3 Å². The van der Waals surface area contributed by atoms with Crippen molar-refractivity contribution in [3.05, 3.63) is 29.8 Å². The molecule has 0 aliphatic carbocycles. The second kappa shape index (κ2) is 5.55. The number of alkyl halides is 3. The molecule has 1 unspecified atom stereocenters. The summed E-state index contributed by atoms with van der Waals surface area (Å²) in [7, 11) is 0. The van der Waals surface area contributed by atoms with Crippen molar-refractivity contribution in [2.24, 2.45) is 0 Å².